The lowest BCUT2D eigenvalue weighted by atomic mass is 10.1. The molecule has 0 aliphatic carbocycles. The average molecular weight is 338 g/mol. The van der Waals surface area contributed by atoms with Crippen molar-refractivity contribution in [3.63, 3.8) is 0 Å². The van der Waals surface area contributed by atoms with Gasteiger partial charge in [0.1, 0.15) is 6.04 Å². The highest BCUT2D eigenvalue weighted by Gasteiger charge is 2.40. The molecule has 0 bridgehead atoms. The normalized spacial score (nSPS) is 17.0. The second-order valence-electron chi connectivity index (χ2n) is 6.14. The molecule has 1 heterocycles. The molecule has 128 valence electrons. The van der Waals surface area contributed by atoms with Gasteiger partial charge >= 0.3 is 5.97 Å². The largest absolute Gasteiger partial charge is 0.478 e. The van der Waals surface area contributed by atoms with Crippen molar-refractivity contribution in [3.8, 4) is 0 Å². The van der Waals surface area contributed by atoms with Gasteiger partial charge in [-0.15, -0.1) is 0 Å². The summed E-state index contributed by atoms with van der Waals surface area (Å²) in [4.78, 5) is 37.1. The van der Waals surface area contributed by atoms with Crippen LogP contribution in [0.5, 0.6) is 0 Å². The summed E-state index contributed by atoms with van der Waals surface area (Å²) in [6, 6.07) is 11.0. The molecule has 1 aliphatic heterocycles. The van der Waals surface area contributed by atoms with E-state index in [0.29, 0.717) is 11.4 Å². The van der Waals surface area contributed by atoms with Crippen LogP contribution in [0.2, 0.25) is 0 Å². The molecule has 6 nitrogen and oxygen atoms in total. The molecule has 25 heavy (non-hydrogen) atoms. The van der Waals surface area contributed by atoms with Crippen molar-refractivity contribution in [2.24, 2.45) is 0 Å². The van der Waals surface area contributed by atoms with Crippen LogP contribution in [0, 0.1) is 13.8 Å². The van der Waals surface area contributed by atoms with E-state index in [4.69, 9.17) is 5.11 Å². The van der Waals surface area contributed by atoms with Gasteiger partial charge in [-0.3, -0.25) is 9.59 Å². The fraction of sp³-hybridized carbons (Fsp3) is 0.211. The van der Waals surface area contributed by atoms with Gasteiger partial charge < -0.3 is 10.4 Å². The van der Waals surface area contributed by atoms with E-state index >= 15 is 0 Å². The number of nitrogens with one attached hydrogen (secondary N) is 1. The minimum absolute atomic E-state index is 0.0623. The molecule has 1 atom stereocenters. The van der Waals surface area contributed by atoms with Crippen molar-refractivity contribution in [1.82, 2.24) is 0 Å². The predicted molar refractivity (Wildman–Crippen MR) is 93.8 cm³/mol. The fourth-order valence-corrected chi connectivity index (χ4v) is 2.96. The number of anilines is 2. The molecule has 2 N–H and O–H groups in total. The molecule has 1 fully saturated rings. The van der Waals surface area contributed by atoms with Crippen LogP contribution in [0.4, 0.5) is 11.4 Å². The van der Waals surface area contributed by atoms with Crippen LogP contribution in [0.1, 0.15) is 27.9 Å². The topological polar surface area (TPSA) is 86.7 Å². The number of amides is 2. The second-order valence-corrected chi connectivity index (χ2v) is 6.14. The first kappa shape index (κ1) is 16.7. The molecule has 6 heteroatoms. The van der Waals surface area contributed by atoms with Crippen LogP contribution in [-0.4, -0.2) is 28.9 Å². The number of carbonyl (C=O) groups excluding carboxylic acids is 2. The van der Waals surface area contributed by atoms with E-state index in [0.717, 1.165) is 11.1 Å². The molecule has 2 amide bonds. The Labute approximate surface area is 145 Å². The van der Waals surface area contributed by atoms with Crippen molar-refractivity contribution >= 4 is 29.2 Å². The first-order valence-electron chi connectivity index (χ1n) is 7.91. The number of nitrogens with zero attached hydrogens (tertiary/aromatic N) is 1. The zero-order valence-corrected chi connectivity index (χ0v) is 13.9. The zero-order valence-electron chi connectivity index (χ0n) is 13.9. The third kappa shape index (κ3) is 3.24. The lowest BCUT2D eigenvalue weighted by Crippen LogP contribution is -2.35. The third-order valence-corrected chi connectivity index (χ3v) is 4.21. The van der Waals surface area contributed by atoms with Crippen LogP contribution >= 0.6 is 0 Å². The average Bonchev–Trinajstić information content (AvgIpc) is 2.82. The summed E-state index contributed by atoms with van der Waals surface area (Å²) in [5.41, 5.74) is 3.29. The molecular weight excluding hydrogens is 320 g/mol. The van der Waals surface area contributed by atoms with E-state index in [1.54, 1.807) is 18.2 Å². The number of imide groups is 1. The molecule has 2 aromatic carbocycles. The molecule has 0 spiro atoms. The van der Waals surface area contributed by atoms with Crippen molar-refractivity contribution < 1.29 is 19.5 Å². The van der Waals surface area contributed by atoms with Crippen LogP contribution < -0.4 is 10.2 Å². The maximum absolute atomic E-state index is 12.7. The number of carboxylic acid groups (broad SMARTS) is 1. The number of rotatable bonds is 4. The van der Waals surface area contributed by atoms with E-state index < -0.39 is 12.0 Å². The maximum Gasteiger partial charge on any atom is 0.335 e. The standard InChI is InChI=1S/C19H18N2O4/c1-11-3-8-16(12(2)9-11)21-17(22)10-15(18(21)23)20-14-6-4-13(5-7-14)19(24)25/h3-9,15,20H,10H2,1-2H3,(H,24,25). The maximum atomic E-state index is 12.7. The highest BCUT2D eigenvalue weighted by molar-refractivity contribution is 6.23. The van der Waals surface area contributed by atoms with E-state index in [-0.39, 0.29) is 23.8 Å². The summed E-state index contributed by atoms with van der Waals surface area (Å²) < 4.78 is 0. The molecule has 3 rings (SSSR count). The van der Waals surface area contributed by atoms with Gasteiger partial charge in [0.15, 0.2) is 0 Å². The minimum atomic E-state index is -1.01. The van der Waals surface area contributed by atoms with E-state index in [1.165, 1.54) is 17.0 Å². The monoisotopic (exact) mass is 338 g/mol. The van der Waals surface area contributed by atoms with Gasteiger partial charge in [-0.05, 0) is 49.7 Å². The van der Waals surface area contributed by atoms with Crippen molar-refractivity contribution in [2.75, 3.05) is 10.2 Å². The van der Waals surface area contributed by atoms with Crippen molar-refractivity contribution in [3.05, 3.63) is 59.2 Å². The summed E-state index contributed by atoms with van der Waals surface area (Å²) in [5.74, 6) is -1.57. The van der Waals surface area contributed by atoms with Gasteiger partial charge in [0.05, 0.1) is 17.7 Å². The van der Waals surface area contributed by atoms with Crippen LogP contribution in [-0.2, 0) is 9.59 Å². The zero-order chi connectivity index (χ0) is 18.1. The molecule has 1 aliphatic rings. The summed E-state index contributed by atoms with van der Waals surface area (Å²) >= 11 is 0. The van der Waals surface area contributed by atoms with Gasteiger partial charge in [0.2, 0.25) is 5.91 Å². The van der Waals surface area contributed by atoms with Gasteiger partial charge in [0.25, 0.3) is 5.91 Å². The first-order valence-corrected chi connectivity index (χ1v) is 7.91. The molecule has 0 saturated carbocycles. The van der Waals surface area contributed by atoms with Gasteiger partial charge in [0, 0.05) is 5.69 Å². The van der Waals surface area contributed by atoms with Crippen LogP contribution in [0.25, 0.3) is 0 Å². The Bertz CT molecular complexity index is 858. The number of hydrogen-bond donors (Lipinski definition) is 2. The van der Waals surface area contributed by atoms with E-state index in [2.05, 4.69) is 5.32 Å². The number of benzene rings is 2. The quantitative estimate of drug-likeness (QED) is 0.837. The minimum Gasteiger partial charge on any atom is -0.478 e. The number of hydrogen-bond acceptors (Lipinski definition) is 4. The first-order chi connectivity index (χ1) is 11.9. The van der Waals surface area contributed by atoms with E-state index in [1.807, 2.05) is 26.0 Å². The second kappa shape index (κ2) is 6.39. The highest BCUT2D eigenvalue weighted by atomic mass is 16.4. The molecule has 2 aromatic rings. The smallest absolute Gasteiger partial charge is 0.335 e. The predicted octanol–water partition coefficient (Wildman–Crippen LogP) is 2.75. The number of carboxylic acids is 1. The van der Waals surface area contributed by atoms with Gasteiger partial charge in [-0.25, -0.2) is 9.69 Å². The molecule has 0 aromatic heterocycles. The highest BCUT2D eigenvalue weighted by Crippen LogP contribution is 2.28. The van der Waals surface area contributed by atoms with Crippen LogP contribution in [0.3, 0.4) is 0 Å². The molecule has 0 radical (unpaired) electrons. The number of aromatic carboxylic acids is 1. The third-order valence-electron chi connectivity index (χ3n) is 4.21. The number of carbonyl (C=O) groups is 3. The summed E-state index contributed by atoms with van der Waals surface area (Å²) in [5, 5.41) is 11.9. The van der Waals surface area contributed by atoms with Gasteiger partial charge in [-0.1, -0.05) is 17.7 Å². The molecular formula is C19H18N2O4. The Kier molecular flexibility index (Phi) is 4.27. The Morgan fingerprint density at radius 3 is 2.40 bits per heavy atom. The SMILES string of the molecule is Cc1ccc(N2C(=O)CC(Nc3ccc(C(=O)O)cc3)C2=O)c(C)c1. The lowest BCUT2D eigenvalue weighted by molar-refractivity contribution is -0.121. The summed E-state index contributed by atoms with van der Waals surface area (Å²) in [6.45, 7) is 3.82. The Hall–Kier alpha value is -3.15. The Balaban J connectivity index is 1.80. The van der Waals surface area contributed by atoms with Crippen molar-refractivity contribution in [1.29, 1.82) is 0 Å². The summed E-state index contributed by atoms with van der Waals surface area (Å²) in [7, 11) is 0. The van der Waals surface area contributed by atoms with E-state index in [9.17, 15) is 14.4 Å². The Morgan fingerprint density at radius 1 is 1.12 bits per heavy atom. The molecule has 1 saturated heterocycles. The Morgan fingerprint density at radius 2 is 1.80 bits per heavy atom. The summed E-state index contributed by atoms with van der Waals surface area (Å²) in [6.07, 6.45) is 0.0623. The van der Waals surface area contributed by atoms with Gasteiger partial charge in [-0.2, -0.15) is 0 Å². The number of aryl methyl sites for hydroxylation is 2. The fourth-order valence-electron chi connectivity index (χ4n) is 2.96. The lowest BCUT2D eigenvalue weighted by Gasteiger charge is -2.18. The van der Waals surface area contributed by atoms with Crippen molar-refractivity contribution in [2.45, 2.75) is 26.3 Å². The van der Waals surface area contributed by atoms with Crippen LogP contribution in [0.15, 0.2) is 42.5 Å². The molecule has 1 unspecified atom stereocenters.